The highest BCUT2D eigenvalue weighted by atomic mass is 31.2. The van der Waals surface area contributed by atoms with Crippen molar-refractivity contribution in [3.63, 3.8) is 0 Å². The van der Waals surface area contributed by atoms with Crippen molar-refractivity contribution < 1.29 is 23.7 Å². The van der Waals surface area contributed by atoms with Gasteiger partial charge in [-0.25, -0.2) is 4.57 Å². The molecule has 0 radical (unpaired) electrons. The Kier molecular flexibility index (Phi) is 9.88. The quantitative estimate of drug-likeness (QED) is 0.391. The van der Waals surface area contributed by atoms with Crippen LogP contribution in [0.25, 0.3) is 0 Å². The molecule has 0 aliphatic rings. The normalized spacial score (nSPS) is 12.8. The van der Waals surface area contributed by atoms with E-state index >= 15 is 0 Å². The average molecular weight is 357 g/mol. The monoisotopic (exact) mass is 357 g/mol. The second kappa shape index (κ2) is 11.4. The van der Waals surface area contributed by atoms with E-state index in [-0.39, 0.29) is 12.5 Å². The van der Waals surface area contributed by atoms with Crippen LogP contribution in [0.3, 0.4) is 0 Å². The van der Waals surface area contributed by atoms with Crippen LogP contribution < -0.4 is 5.32 Å². The standard InChI is InChI=1S/C17H28NO5P/c1-2-3-4-5-6-10-13-17(19)18-16(14-23-24(20,21)22)15-11-8-7-9-12-15/h7-9,11-12,16H,2-6,10,13-14H2,1H3,(H,18,19)(H2,20,21,22)/t16-/m1/s1. The molecule has 0 saturated carbocycles. The number of carbonyl (C=O) groups excluding carboxylic acids is 1. The van der Waals surface area contributed by atoms with Crippen LogP contribution in [-0.4, -0.2) is 22.3 Å². The van der Waals surface area contributed by atoms with Crippen molar-refractivity contribution in [3.05, 3.63) is 35.9 Å². The fourth-order valence-corrected chi connectivity index (χ4v) is 2.75. The molecule has 0 aromatic heterocycles. The van der Waals surface area contributed by atoms with Crippen LogP contribution in [0.5, 0.6) is 0 Å². The Morgan fingerprint density at radius 2 is 1.75 bits per heavy atom. The number of benzene rings is 1. The summed E-state index contributed by atoms with van der Waals surface area (Å²) in [6, 6.07) is 8.45. The molecule has 7 heteroatoms. The first-order chi connectivity index (χ1) is 11.4. The molecule has 1 amide bonds. The van der Waals surface area contributed by atoms with Crippen molar-refractivity contribution in [2.75, 3.05) is 6.61 Å². The molecular weight excluding hydrogens is 329 g/mol. The van der Waals surface area contributed by atoms with Crippen LogP contribution in [0, 0.1) is 0 Å². The fourth-order valence-electron chi connectivity index (χ4n) is 2.41. The molecule has 0 aliphatic heterocycles. The van der Waals surface area contributed by atoms with E-state index in [4.69, 9.17) is 9.79 Å². The van der Waals surface area contributed by atoms with Crippen LogP contribution in [-0.2, 0) is 13.9 Å². The van der Waals surface area contributed by atoms with Crippen molar-refractivity contribution in [1.82, 2.24) is 5.32 Å². The Morgan fingerprint density at radius 3 is 2.38 bits per heavy atom. The Morgan fingerprint density at radius 1 is 1.12 bits per heavy atom. The van der Waals surface area contributed by atoms with E-state index in [0.29, 0.717) is 6.42 Å². The topological polar surface area (TPSA) is 95.9 Å². The highest BCUT2D eigenvalue weighted by molar-refractivity contribution is 7.46. The van der Waals surface area contributed by atoms with Gasteiger partial charge in [0.2, 0.25) is 5.91 Å². The summed E-state index contributed by atoms with van der Waals surface area (Å²) in [5.41, 5.74) is 0.752. The van der Waals surface area contributed by atoms with E-state index in [0.717, 1.165) is 24.8 Å². The zero-order valence-corrected chi connectivity index (χ0v) is 15.1. The van der Waals surface area contributed by atoms with Gasteiger partial charge < -0.3 is 15.1 Å². The Bertz CT molecular complexity index is 517. The molecule has 0 heterocycles. The first kappa shape index (κ1) is 20.8. The number of rotatable bonds is 12. The van der Waals surface area contributed by atoms with Gasteiger partial charge in [0.15, 0.2) is 0 Å². The van der Waals surface area contributed by atoms with Crippen molar-refractivity contribution in [1.29, 1.82) is 0 Å². The van der Waals surface area contributed by atoms with Gasteiger partial charge in [0.1, 0.15) is 0 Å². The van der Waals surface area contributed by atoms with Crippen LogP contribution in [0.15, 0.2) is 30.3 Å². The number of hydrogen-bond donors (Lipinski definition) is 3. The number of phosphoric acid groups is 1. The van der Waals surface area contributed by atoms with E-state index in [1.54, 1.807) is 24.3 Å². The van der Waals surface area contributed by atoms with Crippen molar-refractivity contribution in [2.24, 2.45) is 0 Å². The molecule has 0 saturated heterocycles. The van der Waals surface area contributed by atoms with Crippen LogP contribution in [0.1, 0.15) is 63.5 Å². The number of carbonyl (C=O) groups is 1. The highest BCUT2D eigenvalue weighted by Gasteiger charge is 2.20. The lowest BCUT2D eigenvalue weighted by Crippen LogP contribution is -2.31. The summed E-state index contributed by atoms with van der Waals surface area (Å²) >= 11 is 0. The number of phosphoric ester groups is 1. The van der Waals surface area contributed by atoms with Gasteiger partial charge in [-0.05, 0) is 12.0 Å². The van der Waals surface area contributed by atoms with Gasteiger partial charge in [-0.15, -0.1) is 0 Å². The maximum atomic E-state index is 12.1. The van der Waals surface area contributed by atoms with Crippen molar-refractivity contribution in [3.8, 4) is 0 Å². The van der Waals surface area contributed by atoms with Gasteiger partial charge >= 0.3 is 7.82 Å². The summed E-state index contributed by atoms with van der Waals surface area (Å²) in [7, 11) is -4.57. The Labute approximate surface area is 143 Å². The largest absolute Gasteiger partial charge is 0.469 e. The highest BCUT2D eigenvalue weighted by Crippen LogP contribution is 2.37. The van der Waals surface area contributed by atoms with E-state index in [2.05, 4.69) is 16.8 Å². The zero-order valence-electron chi connectivity index (χ0n) is 14.2. The van der Waals surface area contributed by atoms with Gasteiger partial charge in [-0.2, -0.15) is 0 Å². The fraction of sp³-hybridized carbons (Fsp3) is 0.588. The van der Waals surface area contributed by atoms with Crippen molar-refractivity contribution in [2.45, 2.75) is 57.9 Å². The predicted molar refractivity (Wildman–Crippen MR) is 93.3 cm³/mol. The number of nitrogens with one attached hydrogen (secondary N) is 1. The van der Waals surface area contributed by atoms with Crippen LogP contribution >= 0.6 is 7.82 Å². The van der Waals surface area contributed by atoms with Crippen LogP contribution in [0.2, 0.25) is 0 Å². The molecule has 1 rings (SSSR count). The number of hydrogen-bond acceptors (Lipinski definition) is 3. The second-order valence-corrected chi connectivity index (χ2v) is 7.07. The minimum atomic E-state index is -4.57. The molecule has 1 atom stereocenters. The third-order valence-corrected chi connectivity index (χ3v) is 4.19. The smallest absolute Gasteiger partial charge is 0.347 e. The molecule has 6 nitrogen and oxygen atoms in total. The lowest BCUT2D eigenvalue weighted by molar-refractivity contribution is -0.122. The minimum absolute atomic E-state index is 0.131. The molecule has 24 heavy (non-hydrogen) atoms. The maximum absolute atomic E-state index is 12.1. The third kappa shape index (κ3) is 9.83. The summed E-state index contributed by atoms with van der Waals surface area (Å²) in [6.07, 6.45) is 6.98. The zero-order chi connectivity index (χ0) is 17.8. The summed E-state index contributed by atoms with van der Waals surface area (Å²) in [5, 5.41) is 2.80. The molecule has 0 fully saturated rings. The van der Waals surface area contributed by atoms with Gasteiger partial charge in [-0.3, -0.25) is 9.32 Å². The van der Waals surface area contributed by atoms with Gasteiger partial charge in [-0.1, -0.05) is 69.4 Å². The van der Waals surface area contributed by atoms with Gasteiger partial charge in [0.25, 0.3) is 0 Å². The molecule has 0 spiro atoms. The first-order valence-corrected chi connectivity index (χ1v) is 10.00. The van der Waals surface area contributed by atoms with E-state index in [1.165, 1.54) is 19.3 Å². The second-order valence-electron chi connectivity index (χ2n) is 5.83. The first-order valence-electron chi connectivity index (χ1n) is 8.46. The number of unbranched alkanes of at least 4 members (excludes halogenated alkanes) is 5. The third-order valence-electron chi connectivity index (χ3n) is 3.70. The summed E-state index contributed by atoms with van der Waals surface area (Å²) in [4.78, 5) is 29.8. The number of amides is 1. The molecular formula is C17H28NO5P. The van der Waals surface area contributed by atoms with Gasteiger partial charge in [0, 0.05) is 6.42 Å². The molecule has 1 aromatic carbocycles. The lowest BCUT2D eigenvalue weighted by atomic mass is 10.1. The molecule has 0 aliphatic carbocycles. The lowest BCUT2D eigenvalue weighted by Gasteiger charge is -2.19. The summed E-state index contributed by atoms with van der Waals surface area (Å²) < 4.78 is 15.5. The SMILES string of the molecule is CCCCCCCCC(=O)N[C@H](COP(=O)(O)O)c1ccccc1. The van der Waals surface area contributed by atoms with Crippen LogP contribution in [0.4, 0.5) is 0 Å². The molecule has 136 valence electrons. The summed E-state index contributed by atoms with van der Waals surface area (Å²) in [6.45, 7) is 1.90. The molecule has 3 N–H and O–H groups in total. The molecule has 0 unspecified atom stereocenters. The van der Waals surface area contributed by atoms with E-state index in [1.807, 2.05) is 6.07 Å². The van der Waals surface area contributed by atoms with Gasteiger partial charge in [0.05, 0.1) is 12.6 Å². The van der Waals surface area contributed by atoms with Crippen molar-refractivity contribution >= 4 is 13.7 Å². The van der Waals surface area contributed by atoms with E-state index < -0.39 is 13.9 Å². The molecule has 0 bridgehead atoms. The Hall–Kier alpha value is -1.20. The average Bonchev–Trinajstić information content (AvgIpc) is 2.54. The molecule has 1 aromatic rings. The Balaban J connectivity index is 2.46. The van der Waals surface area contributed by atoms with E-state index in [9.17, 15) is 9.36 Å². The predicted octanol–water partition coefficient (Wildman–Crippen LogP) is 3.70. The minimum Gasteiger partial charge on any atom is -0.347 e. The summed E-state index contributed by atoms with van der Waals surface area (Å²) in [5.74, 6) is -0.131. The maximum Gasteiger partial charge on any atom is 0.469 e.